The van der Waals surface area contributed by atoms with Crippen LogP contribution in [0.25, 0.3) is 0 Å². The Morgan fingerprint density at radius 3 is 2.65 bits per heavy atom. The van der Waals surface area contributed by atoms with Crippen molar-refractivity contribution in [2.24, 2.45) is 0 Å². The minimum Gasteiger partial charge on any atom is -0.367 e. The van der Waals surface area contributed by atoms with Crippen LogP contribution in [0.3, 0.4) is 0 Å². The van der Waals surface area contributed by atoms with Crippen LogP contribution in [0.1, 0.15) is 11.1 Å². The van der Waals surface area contributed by atoms with Crippen molar-refractivity contribution in [3.63, 3.8) is 0 Å². The molecule has 0 atom stereocenters. The summed E-state index contributed by atoms with van der Waals surface area (Å²) >= 11 is 0. The van der Waals surface area contributed by atoms with Gasteiger partial charge in [0.05, 0.1) is 0 Å². The van der Waals surface area contributed by atoms with Crippen LogP contribution in [-0.4, -0.2) is 11.0 Å². The minimum absolute atomic E-state index is 0.199. The second-order valence-corrected chi connectivity index (χ2v) is 3.89. The number of amides is 2. The standard InChI is InChI=1S/C13H15N3O/c1-10-2-4-12(5-3-10)16-13(17)15-9-11-6-7-14-8-11/h2-8,14H,9H2,1H3,(H2,15,16,17). The first-order valence-electron chi connectivity index (χ1n) is 5.47. The van der Waals surface area contributed by atoms with Crippen molar-refractivity contribution in [3.05, 3.63) is 53.9 Å². The van der Waals surface area contributed by atoms with Crippen LogP contribution in [-0.2, 0) is 6.54 Å². The molecule has 2 aromatic rings. The zero-order valence-electron chi connectivity index (χ0n) is 9.66. The summed E-state index contributed by atoms with van der Waals surface area (Å²) in [5.74, 6) is 0. The molecule has 0 unspecified atom stereocenters. The molecule has 0 aliphatic heterocycles. The number of anilines is 1. The third-order valence-corrected chi connectivity index (χ3v) is 2.42. The first-order chi connectivity index (χ1) is 8.24. The molecule has 0 spiro atoms. The zero-order chi connectivity index (χ0) is 12.1. The largest absolute Gasteiger partial charge is 0.367 e. The molecule has 1 heterocycles. The van der Waals surface area contributed by atoms with Gasteiger partial charge in [-0.05, 0) is 30.7 Å². The highest BCUT2D eigenvalue weighted by Gasteiger charge is 2.01. The molecular formula is C13H15N3O. The van der Waals surface area contributed by atoms with Gasteiger partial charge in [0.25, 0.3) is 0 Å². The number of rotatable bonds is 3. The van der Waals surface area contributed by atoms with Crippen LogP contribution < -0.4 is 10.6 Å². The summed E-state index contributed by atoms with van der Waals surface area (Å²) in [6, 6.07) is 9.40. The van der Waals surface area contributed by atoms with Gasteiger partial charge in [-0.1, -0.05) is 17.7 Å². The molecule has 0 aliphatic carbocycles. The maximum atomic E-state index is 11.6. The van der Waals surface area contributed by atoms with E-state index in [4.69, 9.17) is 0 Å². The first-order valence-corrected chi connectivity index (χ1v) is 5.47. The quantitative estimate of drug-likeness (QED) is 0.744. The number of aryl methyl sites for hydroxylation is 1. The van der Waals surface area contributed by atoms with E-state index in [2.05, 4.69) is 15.6 Å². The molecule has 3 N–H and O–H groups in total. The molecular weight excluding hydrogens is 214 g/mol. The van der Waals surface area contributed by atoms with Crippen molar-refractivity contribution in [2.45, 2.75) is 13.5 Å². The molecule has 1 aromatic heterocycles. The second-order valence-electron chi connectivity index (χ2n) is 3.89. The number of nitrogens with one attached hydrogen (secondary N) is 3. The Balaban J connectivity index is 1.83. The molecule has 0 fully saturated rings. The van der Waals surface area contributed by atoms with Crippen molar-refractivity contribution >= 4 is 11.7 Å². The van der Waals surface area contributed by atoms with E-state index in [0.717, 1.165) is 11.3 Å². The fraction of sp³-hybridized carbons (Fsp3) is 0.154. The van der Waals surface area contributed by atoms with E-state index in [1.807, 2.05) is 49.6 Å². The molecule has 2 amide bonds. The summed E-state index contributed by atoms with van der Waals surface area (Å²) in [6.45, 7) is 2.52. The predicted molar refractivity (Wildman–Crippen MR) is 67.8 cm³/mol. The molecule has 4 nitrogen and oxygen atoms in total. The van der Waals surface area contributed by atoms with E-state index < -0.39 is 0 Å². The van der Waals surface area contributed by atoms with Gasteiger partial charge in [0.15, 0.2) is 0 Å². The second kappa shape index (κ2) is 5.21. The van der Waals surface area contributed by atoms with Crippen molar-refractivity contribution < 1.29 is 4.79 Å². The number of aromatic amines is 1. The Morgan fingerprint density at radius 2 is 2.00 bits per heavy atom. The highest BCUT2D eigenvalue weighted by atomic mass is 16.2. The summed E-state index contributed by atoms with van der Waals surface area (Å²) in [5, 5.41) is 5.55. The van der Waals surface area contributed by atoms with Crippen LogP contribution in [0.2, 0.25) is 0 Å². The molecule has 0 bridgehead atoms. The molecule has 0 saturated heterocycles. The Bertz CT molecular complexity index is 474. The van der Waals surface area contributed by atoms with Crippen molar-refractivity contribution in [1.29, 1.82) is 0 Å². The summed E-state index contributed by atoms with van der Waals surface area (Å²) in [7, 11) is 0. The highest BCUT2D eigenvalue weighted by Crippen LogP contribution is 2.08. The van der Waals surface area contributed by atoms with Gasteiger partial charge in [0, 0.05) is 24.6 Å². The molecule has 0 radical (unpaired) electrons. The molecule has 88 valence electrons. The maximum absolute atomic E-state index is 11.6. The van der Waals surface area contributed by atoms with E-state index in [0.29, 0.717) is 6.54 Å². The number of hydrogen-bond acceptors (Lipinski definition) is 1. The van der Waals surface area contributed by atoms with Gasteiger partial charge in [-0.3, -0.25) is 0 Å². The van der Waals surface area contributed by atoms with Crippen molar-refractivity contribution in [3.8, 4) is 0 Å². The van der Waals surface area contributed by atoms with Crippen molar-refractivity contribution in [1.82, 2.24) is 10.3 Å². The molecule has 0 saturated carbocycles. The Labute approximate surface area is 100 Å². The van der Waals surface area contributed by atoms with E-state index in [1.54, 1.807) is 0 Å². The smallest absolute Gasteiger partial charge is 0.319 e. The van der Waals surface area contributed by atoms with Crippen LogP contribution in [0.4, 0.5) is 10.5 Å². The lowest BCUT2D eigenvalue weighted by Crippen LogP contribution is -2.27. The number of hydrogen-bond donors (Lipinski definition) is 3. The number of urea groups is 1. The van der Waals surface area contributed by atoms with E-state index in [9.17, 15) is 4.79 Å². The van der Waals surface area contributed by atoms with Gasteiger partial charge < -0.3 is 15.6 Å². The monoisotopic (exact) mass is 229 g/mol. The van der Waals surface area contributed by atoms with Crippen LogP contribution >= 0.6 is 0 Å². The Morgan fingerprint density at radius 1 is 1.24 bits per heavy atom. The van der Waals surface area contributed by atoms with Gasteiger partial charge in [-0.25, -0.2) is 4.79 Å². The average molecular weight is 229 g/mol. The Hall–Kier alpha value is -2.23. The lowest BCUT2D eigenvalue weighted by molar-refractivity contribution is 0.252. The molecule has 17 heavy (non-hydrogen) atoms. The Kier molecular flexibility index (Phi) is 3.45. The fourth-order valence-corrected chi connectivity index (χ4v) is 1.46. The molecule has 4 heteroatoms. The third kappa shape index (κ3) is 3.38. The lowest BCUT2D eigenvalue weighted by atomic mass is 10.2. The van der Waals surface area contributed by atoms with Crippen LogP contribution in [0.15, 0.2) is 42.7 Å². The highest BCUT2D eigenvalue weighted by molar-refractivity contribution is 5.89. The van der Waals surface area contributed by atoms with Gasteiger partial charge in [0.2, 0.25) is 0 Å². The summed E-state index contributed by atoms with van der Waals surface area (Å²) in [4.78, 5) is 14.5. The van der Waals surface area contributed by atoms with E-state index in [1.165, 1.54) is 5.56 Å². The van der Waals surface area contributed by atoms with E-state index in [-0.39, 0.29) is 6.03 Å². The van der Waals surface area contributed by atoms with Crippen LogP contribution in [0.5, 0.6) is 0 Å². The lowest BCUT2D eigenvalue weighted by Gasteiger charge is -2.06. The van der Waals surface area contributed by atoms with Gasteiger partial charge in [-0.15, -0.1) is 0 Å². The van der Waals surface area contributed by atoms with Crippen molar-refractivity contribution in [2.75, 3.05) is 5.32 Å². The normalized spacial score (nSPS) is 9.94. The summed E-state index contributed by atoms with van der Waals surface area (Å²) < 4.78 is 0. The number of carbonyl (C=O) groups is 1. The number of carbonyl (C=O) groups excluding carboxylic acids is 1. The summed E-state index contributed by atoms with van der Waals surface area (Å²) in [5.41, 5.74) is 3.01. The zero-order valence-corrected chi connectivity index (χ0v) is 9.66. The van der Waals surface area contributed by atoms with E-state index >= 15 is 0 Å². The topological polar surface area (TPSA) is 56.9 Å². The first kappa shape index (κ1) is 11.3. The number of aromatic nitrogens is 1. The predicted octanol–water partition coefficient (Wildman–Crippen LogP) is 2.64. The molecule has 0 aliphatic rings. The fourth-order valence-electron chi connectivity index (χ4n) is 1.46. The molecule has 2 rings (SSSR count). The van der Waals surface area contributed by atoms with Gasteiger partial charge >= 0.3 is 6.03 Å². The van der Waals surface area contributed by atoms with Gasteiger partial charge in [0.1, 0.15) is 0 Å². The third-order valence-electron chi connectivity index (χ3n) is 2.42. The number of benzene rings is 1. The SMILES string of the molecule is Cc1ccc(NC(=O)NCc2cc[nH]c2)cc1. The van der Waals surface area contributed by atoms with Crippen LogP contribution in [0, 0.1) is 6.92 Å². The average Bonchev–Trinajstić information content (AvgIpc) is 2.83. The molecule has 1 aromatic carbocycles. The summed E-state index contributed by atoms with van der Waals surface area (Å²) in [6.07, 6.45) is 3.68. The number of H-pyrrole nitrogens is 1. The maximum Gasteiger partial charge on any atom is 0.319 e. The minimum atomic E-state index is -0.199. The van der Waals surface area contributed by atoms with Gasteiger partial charge in [-0.2, -0.15) is 0 Å².